The van der Waals surface area contributed by atoms with Gasteiger partial charge in [0.1, 0.15) is 6.04 Å². The highest BCUT2D eigenvalue weighted by Crippen LogP contribution is 2.65. The van der Waals surface area contributed by atoms with Crippen molar-refractivity contribution < 1.29 is 32.4 Å². The smallest absolute Gasteiger partial charge is 0.315 e. The number of sulfonamides is 1. The van der Waals surface area contributed by atoms with Gasteiger partial charge in [-0.15, -0.1) is 6.58 Å². The Morgan fingerprint density at radius 3 is 2.10 bits per heavy atom. The number of rotatable bonds is 16. The Labute approximate surface area is 294 Å². The molecule has 0 radical (unpaired) electrons. The predicted molar refractivity (Wildman–Crippen MR) is 190 cm³/mol. The highest BCUT2D eigenvalue weighted by atomic mass is 32.2. The molecule has 6 atom stereocenters. The van der Waals surface area contributed by atoms with E-state index in [1.54, 1.807) is 25.7 Å². The first-order valence-corrected chi connectivity index (χ1v) is 19.2. The molecule has 3 aliphatic rings. The van der Waals surface area contributed by atoms with E-state index >= 15 is 0 Å². The van der Waals surface area contributed by atoms with Crippen LogP contribution < -0.4 is 16.0 Å². The van der Waals surface area contributed by atoms with Gasteiger partial charge < -0.3 is 20.9 Å². The van der Waals surface area contributed by atoms with Crippen molar-refractivity contribution in [2.45, 2.75) is 119 Å². The average Bonchev–Trinajstić information content (AvgIpc) is 3.83. The van der Waals surface area contributed by atoms with E-state index in [2.05, 4.69) is 36.4 Å². The number of hydrogen-bond donors (Lipinski definition) is 3. The number of fused-ring (bicyclic) bond motifs is 1. The molecule has 2 saturated carbocycles. The molecule has 4 amide bonds. The van der Waals surface area contributed by atoms with Gasteiger partial charge in [-0.05, 0) is 61.7 Å². The van der Waals surface area contributed by atoms with Crippen LogP contribution in [0.2, 0.25) is 0 Å². The van der Waals surface area contributed by atoms with Crippen LogP contribution in [0.3, 0.4) is 0 Å². The highest BCUT2D eigenvalue weighted by Gasteiger charge is 2.69. The lowest BCUT2D eigenvalue weighted by Gasteiger charge is -2.38. The van der Waals surface area contributed by atoms with Gasteiger partial charge in [-0.1, -0.05) is 67.4 Å². The maximum Gasteiger partial charge on any atom is 0.315 e. The van der Waals surface area contributed by atoms with Gasteiger partial charge >= 0.3 is 6.03 Å². The summed E-state index contributed by atoms with van der Waals surface area (Å²) in [4.78, 5) is 69.4. The van der Waals surface area contributed by atoms with E-state index in [4.69, 9.17) is 0 Å². The summed E-state index contributed by atoms with van der Waals surface area (Å²) < 4.78 is 27.7. The van der Waals surface area contributed by atoms with Crippen molar-refractivity contribution in [3.05, 3.63) is 12.7 Å². The third-order valence-corrected chi connectivity index (χ3v) is 13.0. The van der Waals surface area contributed by atoms with E-state index in [9.17, 15) is 32.4 Å². The van der Waals surface area contributed by atoms with E-state index in [-0.39, 0.29) is 47.7 Å². The van der Waals surface area contributed by atoms with Crippen LogP contribution in [-0.2, 0) is 29.2 Å². The quantitative estimate of drug-likeness (QED) is 0.163. The summed E-state index contributed by atoms with van der Waals surface area (Å²) >= 11 is 0. The van der Waals surface area contributed by atoms with Crippen molar-refractivity contribution >= 4 is 39.4 Å². The fourth-order valence-corrected chi connectivity index (χ4v) is 9.02. The van der Waals surface area contributed by atoms with Crippen molar-refractivity contribution in [1.82, 2.24) is 25.2 Å². The second-order valence-corrected chi connectivity index (χ2v) is 19.5. The number of nitrogens with one attached hydrogen (secondary N) is 3. The normalized spacial score (nSPS) is 23.7. The summed E-state index contributed by atoms with van der Waals surface area (Å²) in [6.45, 7) is 22.7. The summed E-state index contributed by atoms with van der Waals surface area (Å²) in [6, 6.07) is -3.22. The molecule has 1 unspecified atom stereocenters. The summed E-state index contributed by atoms with van der Waals surface area (Å²) in [5, 5.41) is 8.17. The minimum atomic E-state index is -3.73. The number of piperidine rings is 1. The van der Waals surface area contributed by atoms with Gasteiger partial charge in [0.15, 0.2) is 5.78 Å². The lowest BCUT2D eigenvalue weighted by atomic mass is 9.84. The summed E-state index contributed by atoms with van der Waals surface area (Å²) in [6.07, 6.45) is 3.72. The molecule has 0 aromatic carbocycles. The van der Waals surface area contributed by atoms with Crippen molar-refractivity contribution in [2.75, 3.05) is 25.9 Å². The molecular weight excluding hydrogens is 646 g/mol. The molecule has 1 heterocycles. The molecule has 278 valence electrons. The molecule has 3 N–H and O–H groups in total. The van der Waals surface area contributed by atoms with Gasteiger partial charge in [-0.3, -0.25) is 19.2 Å². The number of carbonyl (C=O) groups is 5. The largest absolute Gasteiger partial charge is 0.346 e. The molecule has 3 fully saturated rings. The molecule has 2 aliphatic carbocycles. The van der Waals surface area contributed by atoms with Crippen molar-refractivity contribution in [1.29, 1.82) is 0 Å². The minimum Gasteiger partial charge on any atom is -0.346 e. The Morgan fingerprint density at radius 2 is 1.61 bits per heavy atom. The fraction of sp³-hybridized carbons (Fsp3) is 0.806. The molecule has 12 nitrogen and oxygen atoms in total. The van der Waals surface area contributed by atoms with Gasteiger partial charge in [0.2, 0.25) is 21.7 Å². The van der Waals surface area contributed by atoms with E-state index in [0.717, 1.165) is 12.8 Å². The van der Waals surface area contributed by atoms with Gasteiger partial charge in [-0.25, -0.2) is 13.2 Å². The Balaban J connectivity index is 1.82. The highest BCUT2D eigenvalue weighted by molar-refractivity contribution is 7.89. The van der Waals surface area contributed by atoms with E-state index in [1.807, 2.05) is 34.6 Å². The molecule has 0 spiro atoms. The van der Waals surface area contributed by atoms with Crippen LogP contribution >= 0.6 is 0 Å². The number of urea groups is 1. The number of hydrogen-bond acceptors (Lipinski definition) is 7. The Morgan fingerprint density at radius 1 is 1.02 bits per heavy atom. The minimum absolute atomic E-state index is 0.0867. The predicted octanol–water partition coefficient (Wildman–Crippen LogP) is 3.51. The van der Waals surface area contributed by atoms with Gasteiger partial charge in [-0.2, -0.15) is 4.31 Å². The zero-order valence-electron chi connectivity index (χ0n) is 31.5. The number of nitrogens with zero attached hydrogens (tertiary/aromatic N) is 2. The van der Waals surface area contributed by atoms with Gasteiger partial charge in [0.05, 0.1) is 11.8 Å². The maximum absolute atomic E-state index is 14.4. The maximum atomic E-state index is 14.4. The third kappa shape index (κ3) is 9.71. The molecule has 0 aromatic rings. The van der Waals surface area contributed by atoms with Crippen LogP contribution in [0.25, 0.3) is 0 Å². The van der Waals surface area contributed by atoms with Crippen molar-refractivity contribution in [3.63, 3.8) is 0 Å². The first-order valence-electron chi connectivity index (χ1n) is 17.6. The van der Waals surface area contributed by atoms with Crippen molar-refractivity contribution in [3.8, 4) is 0 Å². The Kier molecular flexibility index (Phi) is 12.3. The molecule has 1 aliphatic heterocycles. The third-order valence-electron chi connectivity index (χ3n) is 10.8. The summed E-state index contributed by atoms with van der Waals surface area (Å²) in [5.41, 5.74) is -1.58. The molecule has 0 aromatic heterocycles. The number of ketones is 2. The van der Waals surface area contributed by atoms with Crippen LogP contribution in [0.15, 0.2) is 12.7 Å². The number of amides is 4. The van der Waals surface area contributed by atoms with Crippen LogP contribution in [-0.4, -0.2) is 96.6 Å². The number of carbonyl (C=O) groups excluding carboxylic acids is 5. The van der Waals surface area contributed by atoms with Gasteiger partial charge in [0.25, 0.3) is 5.91 Å². The zero-order valence-corrected chi connectivity index (χ0v) is 32.3. The monoisotopic (exact) mass is 707 g/mol. The SMILES string of the molecule is C=CCNC(=O)C(=O)C(CC(=O)[C@@H]1[C@@H]2[C@H](CN1C(=O)[C@@H](NC(=O)N[C@H](CS(=O)(=O)N(C)C(C)(C)C)C(C)C)C(C)(C)C)C2(C)C)CC1CC1. The second kappa shape index (κ2) is 14.8. The fourth-order valence-electron chi connectivity index (χ4n) is 7.04. The summed E-state index contributed by atoms with van der Waals surface area (Å²) in [7, 11) is -2.21. The Bertz CT molecular complexity index is 1410. The molecule has 49 heavy (non-hydrogen) atoms. The topological polar surface area (TPSA) is 162 Å². The van der Waals surface area contributed by atoms with E-state index < -0.39 is 68.6 Å². The van der Waals surface area contributed by atoms with Gasteiger partial charge in [0, 0.05) is 44.1 Å². The van der Waals surface area contributed by atoms with Crippen LogP contribution in [0.5, 0.6) is 0 Å². The molecular formula is C36H61N5O7S. The second-order valence-electron chi connectivity index (χ2n) is 17.5. The lowest BCUT2D eigenvalue weighted by molar-refractivity contribution is -0.145. The molecule has 0 bridgehead atoms. The van der Waals surface area contributed by atoms with E-state index in [1.165, 1.54) is 17.4 Å². The van der Waals surface area contributed by atoms with Crippen LogP contribution in [0, 0.1) is 40.4 Å². The first kappa shape index (κ1) is 40.6. The average molecular weight is 708 g/mol. The van der Waals surface area contributed by atoms with Crippen molar-refractivity contribution in [2.24, 2.45) is 40.4 Å². The van der Waals surface area contributed by atoms with E-state index in [0.29, 0.717) is 18.9 Å². The molecule has 13 heteroatoms. The van der Waals surface area contributed by atoms with Crippen LogP contribution in [0.4, 0.5) is 4.79 Å². The summed E-state index contributed by atoms with van der Waals surface area (Å²) in [5.74, 6) is -3.02. The Hall–Kier alpha value is -2.80. The number of Topliss-reactive ketones (excluding diaryl/α,β-unsaturated/α-hetero) is 2. The van der Waals surface area contributed by atoms with Crippen LogP contribution in [0.1, 0.15) is 94.9 Å². The molecule has 3 rings (SSSR count). The standard InChI is InChI=1S/C36H61N5O7S/c1-13-16-37-31(44)29(43)23(17-22-14-15-22)18-26(42)28-27-24(36(27,10)11)19-41(28)32(45)30(34(4,5)6)39-33(46)38-25(21(2)3)20-49(47,48)40(12)35(7,8)9/h13,21-25,27-28,30H,1,14-20H2,2-12H3,(H,37,44)(H2,38,39,46)/t23?,24-,25+,27-,28+,30+/m0/s1. The number of likely N-dealkylation sites (tertiary alicyclic amines) is 1. The first-order chi connectivity index (χ1) is 22.3. The molecule has 1 saturated heterocycles. The zero-order chi connectivity index (χ0) is 37.4. The lowest BCUT2D eigenvalue weighted by Crippen LogP contribution is -2.61.